The lowest BCUT2D eigenvalue weighted by Gasteiger charge is -2.03. The number of hydrogen-bond donors (Lipinski definition) is 2. The lowest BCUT2D eigenvalue weighted by molar-refractivity contribution is 0.532. The van der Waals surface area contributed by atoms with Gasteiger partial charge in [0.25, 0.3) is 0 Å². The molecule has 0 aliphatic carbocycles. The predicted molar refractivity (Wildman–Crippen MR) is 100 cm³/mol. The summed E-state index contributed by atoms with van der Waals surface area (Å²) in [6, 6.07) is 0. The van der Waals surface area contributed by atoms with Gasteiger partial charge < -0.3 is 11.1 Å². The summed E-state index contributed by atoms with van der Waals surface area (Å²) in [5.74, 6) is 5.86. The van der Waals surface area contributed by atoms with Crippen LogP contribution in [0.4, 0.5) is 0 Å². The van der Waals surface area contributed by atoms with E-state index in [0.29, 0.717) is 6.54 Å². The lowest BCUT2D eigenvalue weighted by Crippen LogP contribution is -2.15. The standard InChI is InChI=1S/C20H40N2/c1-2-3-4-5-6-7-8-9-10-11-12-13-14-16-19-22-20-17-15-18-21/h22H,2-14,16,18-21H2,1H3. The Bertz CT molecular complexity index is 252. The monoisotopic (exact) mass is 308 g/mol. The highest BCUT2D eigenvalue weighted by molar-refractivity contribution is 5.01. The van der Waals surface area contributed by atoms with E-state index < -0.39 is 0 Å². The minimum atomic E-state index is 0.473. The maximum atomic E-state index is 5.30. The fraction of sp³-hybridized carbons (Fsp3) is 0.900. The lowest BCUT2D eigenvalue weighted by atomic mass is 10.0. The Morgan fingerprint density at radius 1 is 0.636 bits per heavy atom. The molecule has 2 heteroatoms. The second kappa shape index (κ2) is 20.5. The molecule has 0 saturated carbocycles. The van der Waals surface area contributed by atoms with Crippen LogP contribution in [0.15, 0.2) is 0 Å². The molecule has 0 aromatic rings. The molecule has 130 valence electrons. The van der Waals surface area contributed by atoms with Gasteiger partial charge in [0.05, 0.1) is 13.1 Å². The molecule has 0 unspecified atom stereocenters. The van der Waals surface area contributed by atoms with Gasteiger partial charge in [0.2, 0.25) is 0 Å². The Morgan fingerprint density at radius 3 is 1.55 bits per heavy atom. The van der Waals surface area contributed by atoms with E-state index in [2.05, 4.69) is 24.1 Å². The van der Waals surface area contributed by atoms with Gasteiger partial charge in [-0.3, -0.25) is 0 Å². The number of nitrogens with one attached hydrogen (secondary N) is 1. The third-order valence-corrected chi connectivity index (χ3v) is 4.15. The molecule has 0 aromatic carbocycles. The molecule has 0 aliphatic heterocycles. The zero-order valence-electron chi connectivity index (χ0n) is 15.1. The Morgan fingerprint density at radius 2 is 1.09 bits per heavy atom. The molecular formula is C20H40N2. The molecule has 0 fully saturated rings. The van der Waals surface area contributed by atoms with Gasteiger partial charge in [-0.25, -0.2) is 0 Å². The maximum Gasteiger partial charge on any atom is 0.0577 e. The van der Waals surface area contributed by atoms with Crippen LogP contribution in [0, 0.1) is 11.8 Å². The molecule has 2 nitrogen and oxygen atoms in total. The first-order valence-corrected chi connectivity index (χ1v) is 9.78. The van der Waals surface area contributed by atoms with E-state index in [1.54, 1.807) is 0 Å². The van der Waals surface area contributed by atoms with Crippen LogP contribution in [0.25, 0.3) is 0 Å². The zero-order valence-corrected chi connectivity index (χ0v) is 15.1. The molecular weight excluding hydrogens is 268 g/mol. The fourth-order valence-corrected chi connectivity index (χ4v) is 2.73. The number of unbranched alkanes of at least 4 members (excludes halogenated alkanes) is 13. The van der Waals surface area contributed by atoms with Crippen LogP contribution in [0.2, 0.25) is 0 Å². The minimum Gasteiger partial charge on any atom is -0.320 e. The van der Waals surface area contributed by atoms with Gasteiger partial charge in [-0.15, -0.1) is 0 Å². The van der Waals surface area contributed by atoms with Gasteiger partial charge in [-0.05, 0) is 13.0 Å². The number of nitrogens with two attached hydrogens (primary N) is 1. The first kappa shape index (κ1) is 21.5. The molecule has 0 aromatic heterocycles. The largest absolute Gasteiger partial charge is 0.320 e. The Balaban J connectivity index is 2.97. The van der Waals surface area contributed by atoms with Gasteiger partial charge in [0.1, 0.15) is 0 Å². The van der Waals surface area contributed by atoms with Crippen molar-refractivity contribution < 1.29 is 0 Å². The summed E-state index contributed by atoms with van der Waals surface area (Å²) in [6.45, 7) is 4.64. The van der Waals surface area contributed by atoms with E-state index in [0.717, 1.165) is 13.1 Å². The maximum absolute atomic E-state index is 5.30. The van der Waals surface area contributed by atoms with Crippen LogP contribution >= 0.6 is 0 Å². The molecule has 3 N–H and O–H groups in total. The summed E-state index contributed by atoms with van der Waals surface area (Å²) in [7, 11) is 0. The molecule has 0 atom stereocenters. The fourth-order valence-electron chi connectivity index (χ4n) is 2.73. The second-order valence-electron chi connectivity index (χ2n) is 6.33. The molecule has 0 aliphatic rings. The van der Waals surface area contributed by atoms with E-state index in [-0.39, 0.29) is 0 Å². The van der Waals surface area contributed by atoms with Crippen LogP contribution in [0.5, 0.6) is 0 Å². The molecule has 22 heavy (non-hydrogen) atoms. The van der Waals surface area contributed by atoms with E-state index in [1.807, 2.05) is 0 Å². The van der Waals surface area contributed by atoms with Crippen molar-refractivity contribution in [3.8, 4) is 11.8 Å². The summed E-state index contributed by atoms with van der Waals surface area (Å²) in [5, 5.41) is 3.33. The molecule has 0 spiro atoms. The van der Waals surface area contributed by atoms with Gasteiger partial charge in [0.15, 0.2) is 0 Å². The second-order valence-corrected chi connectivity index (χ2v) is 6.33. The Hall–Kier alpha value is -0.520. The van der Waals surface area contributed by atoms with Crippen LogP contribution in [-0.2, 0) is 0 Å². The van der Waals surface area contributed by atoms with Crippen molar-refractivity contribution in [2.45, 2.75) is 96.8 Å². The van der Waals surface area contributed by atoms with Crippen LogP contribution in [0.1, 0.15) is 96.8 Å². The van der Waals surface area contributed by atoms with Crippen molar-refractivity contribution in [3.05, 3.63) is 0 Å². The van der Waals surface area contributed by atoms with E-state index in [9.17, 15) is 0 Å². The van der Waals surface area contributed by atoms with E-state index in [4.69, 9.17) is 5.73 Å². The van der Waals surface area contributed by atoms with E-state index in [1.165, 1.54) is 89.9 Å². The summed E-state index contributed by atoms with van der Waals surface area (Å²) < 4.78 is 0. The highest BCUT2D eigenvalue weighted by Gasteiger charge is 1.94. The highest BCUT2D eigenvalue weighted by Crippen LogP contribution is 2.12. The normalized spacial score (nSPS) is 10.5. The van der Waals surface area contributed by atoms with Crippen molar-refractivity contribution in [1.29, 1.82) is 0 Å². The van der Waals surface area contributed by atoms with Crippen LogP contribution in [-0.4, -0.2) is 19.6 Å². The topological polar surface area (TPSA) is 38.0 Å². The van der Waals surface area contributed by atoms with Crippen molar-refractivity contribution in [1.82, 2.24) is 5.32 Å². The first-order valence-electron chi connectivity index (χ1n) is 9.78. The van der Waals surface area contributed by atoms with Gasteiger partial charge in [-0.1, -0.05) is 102 Å². The number of rotatable bonds is 16. The van der Waals surface area contributed by atoms with Gasteiger partial charge in [0, 0.05) is 0 Å². The van der Waals surface area contributed by atoms with Crippen molar-refractivity contribution in [2.75, 3.05) is 19.6 Å². The molecule has 0 heterocycles. The highest BCUT2D eigenvalue weighted by atomic mass is 14.8. The average Bonchev–Trinajstić information content (AvgIpc) is 2.54. The Labute approximate surface area is 140 Å². The zero-order chi connectivity index (χ0) is 16.1. The molecule has 0 saturated heterocycles. The summed E-state index contributed by atoms with van der Waals surface area (Å²) in [6.07, 6.45) is 19.9. The quantitative estimate of drug-likeness (QED) is 0.310. The summed E-state index contributed by atoms with van der Waals surface area (Å²) in [4.78, 5) is 0. The third-order valence-electron chi connectivity index (χ3n) is 4.15. The minimum absolute atomic E-state index is 0.473. The van der Waals surface area contributed by atoms with Crippen molar-refractivity contribution in [2.24, 2.45) is 5.73 Å². The smallest absolute Gasteiger partial charge is 0.0577 e. The van der Waals surface area contributed by atoms with Crippen molar-refractivity contribution in [3.63, 3.8) is 0 Å². The van der Waals surface area contributed by atoms with Gasteiger partial charge in [-0.2, -0.15) is 0 Å². The number of hydrogen-bond acceptors (Lipinski definition) is 2. The van der Waals surface area contributed by atoms with Gasteiger partial charge >= 0.3 is 0 Å². The molecule has 0 rings (SSSR count). The summed E-state index contributed by atoms with van der Waals surface area (Å²) in [5.41, 5.74) is 5.30. The molecule has 0 bridgehead atoms. The van der Waals surface area contributed by atoms with Crippen LogP contribution < -0.4 is 11.1 Å². The third kappa shape index (κ3) is 19.5. The SMILES string of the molecule is CCCCCCCCCCCCCCCCNCC#CCN. The Kier molecular flexibility index (Phi) is 20.0. The summed E-state index contributed by atoms with van der Waals surface area (Å²) >= 11 is 0. The first-order chi connectivity index (χ1) is 10.9. The average molecular weight is 309 g/mol. The molecule has 0 amide bonds. The van der Waals surface area contributed by atoms with E-state index >= 15 is 0 Å². The van der Waals surface area contributed by atoms with Crippen molar-refractivity contribution >= 4 is 0 Å². The molecule has 0 radical (unpaired) electrons. The van der Waals surface area contributed by atoms with Crippen LogP contribution in [0.3, 0.4) is 0 Å². The predicted octanol–water partition coefficient (Wildman–Crippen LogP) is 5.02.